The Kier molecular flexibility index (Phi) is 4.89. The Morgan fingerprint density at radius 3 is 2.27 bits per heavy atom. The molecule has 2 aromatic carbocycles. The quantitative estimate of drug-likeness (QED) is 0.532. The maximum absolute atomic E-state index is 13.1. The van der Waals surface area contributed by atoms with Crippen molar-refractivity contribution in [3.8, 4) is 17.1 Å². The minimum Gasteiger partial charge on any atom is -0.320 e. The molecule has 3 rings (SSSR count). The molecule has 0 N–H and O–H groups in total. The first-order chi connectivity index (χ1) is 10.1. The van der Waals surface area contributed by atoms with Gasteiger partial charge in [-0.25, -0.2) is 0 Å². The van der Waals surface area contributed by atoms with Crippen LogP contribution in [0.4, 0.5) is 4.39 Å². The molecule has 0 atom stereocenters. The van der Waals surface area contributed by atoms with Crippen LogP contribution in [0.25, 0.3) is 17.1 Å². The van der Waals surface area contributed by atoms with E-state index in [9.17, 15) is 4.39 Å². The monoisotopic (exact) mass is 473 g/mol. The largest absolute Gasteiger partial charge is 0.320 e. The van der Waals surface area contributed by atoms with Crippen molar-refractivity contribution >= 4 is 0 Å². The Labute approximate surface area is 142 Å². The summed E-state index contributed by atoms with van der Waals surface area (Å²) in [5, 5.41) is 8.41. The summed E-state index contributed by atoms with van der Waals surface area (Å²) < 4.78 is 15.1. The van der Waals surface area contributed by atoms with Gasteiger partial charge in [0.25, 0.3) is 0 Å². The molecule has 0 bridgehead atoms. The average molecular weight is 473 g/mol. The maximum Gasteiger partial charge on any atom is 0.125 e. The van der Waals surface area contributed by atoms with Crippen LogP contribution in [0.5, 0.6) is 0 Å². The summed E-state index contributed by atoms with van der Waals surface area (Å²) in [4.78, 5) is 0. The topological polar surface area (TPSA) is 30.7 Å². The minimum atomic E-state index is -0.311. The second-order valence-corrected chi connectivity index (χ2v) is 5.07. The normalized spacial score (nSPS) is 10.4. The molecule has 5 heteroatoms. The van der Waals surface area contributed by atoms with Crippen molar-refractivity contribution < 1.29 is 24.5 Å². The number of aryl methyl sites for hydroxylation is 3. The van der Waals surface area contributed by atoms with Crippen molar-refractivity contribution in [3.63, 3.8) is 0 Å². The third kappa shape index (κ3) is 2.87. The molecule has 3 nitrogen and oxygen atoms in total. The van der Waals surface area contributed by atoms with Crippen LogP contribution in [0.1, 0.15) is 17.0 Å². The second-order valence-electron chi connectivity index (χ2n) is 5.07. The van der Waals surface area contributed by atoms with E-state index in [1.165, 1.54) is 12.1 Å². The van der Waals surface area contributed by atoms with E-state index in [2.05, 4.69) is 42.2 Å². The molecular formula is C17H15FIrN3-. The maximum atomic E-state index is 13.1. The first-order valence-electron chi connectivity index (χ1n) is 6.74. The van der Waals surface area contributed by atoms with Gasteiger partial charge in [0.1, 0.15) is 5.82 Å². The van der Waals surface area contributed by atoms with Gasteiger partial charge in [-0.2, -0.15) is 5.10 Å². The summed E-state index contributed by atoms with van der Waals surface area (Å²) in [6.45, 7) is 6.02. The van der Waals surface area contributed by atoms with E-state index in [0.717, 1.165) is 28.2 Å². The molecule has 0 aliphatic carbocycles. The van der Waals surface area contributed by atoms with E-state index in [1.807, 2.05) is 17.6 Å². The fourth-order valence-electron chi connectivity index (χ4n) is 2.51. The molecule has 0 fully saturated rings. The van der Waals surface area contributed by atoms with Gasteiger partial charge in [-0.1, -0.05) is 18.2 Å². The standard InChI is InChI=1S/C17H15FN3.Ir/c1-11-5-4-6-12(2)16(11)21-13(3)19-20-17(21)14-7-9-15(18)10-8-14;/h4-7,9-10H,1-3H3;/q-1;. The molecule has 3 aromatic rings. The van der Waals surface area contributed by atoms with Gasteiger partial charge in [-0.15, -0.1) is 34.9 Å². The number of para-hydroxylation sites is 1. The number of nitrogens with zero attached hydrogens (tertiary/aromatic N) is 3. The average Bonchev–Trinajstić information content (AvgIpc) is 2.82. The molecule has 0 aliphatic rings. The summed E-state index contributed by atoms with van der Waals surface area (Å²) >= 11 is 0. The van der Waals surface area contributed by atoms with E-state index in [0.29, 0.717) is 5.82 Å². The number of rotatable bonds is 2. The van der Waals surface area contributed by atoms with Gasteiger partial charge in [0.2, 0.25) is 0 Å². The number of hydrogen-bond acceptors (Lipinski definition) is 2. The second kappa shape index (κ2) is 6.51. The van der Waals surface area contributed by atoms with Crippen LogP contribution in [0.15, 0.2) is 36.4 Å². The zero-order valence-electron chi connectivity index (χ0n) is 12.5. The van der Waals surface area contributed by atoms with Crippen molar-refractivity contribution in [1.82, 2.24) is 14.8 Å². The number of aromatic nitrogens is 3. The van der Waals surface area contributed by atoms with Gasteiger partial charge >= 0.3 is 0 Å². The van der Waals surface area contributed by atoms with Crippen LogP contribution in [0, 0.1) is 32.7 Å². The predicted octanol–water partition coefficient (Wildman–Crippen LogP) is 3.80. The molecule has 0 saturated carbocycles. The van der Waals surface area contributed by atoms with Gasteiger partial charge in [0.15, 0.2) is 0 Å². The third-order valence-corrected chi connectivity index (χ3v) is 3.50. The summed E-state index contributed by atoms with van der Waals surface area (Å²) in [5.74, 6) is 1.15. The van der Waals surface area contributed by atoms with Crippen LogP contribution in [-0.2, 0) is 20.1 Å². The Bertz CT molecular complexity index is 774. The zero-order valence-corrected chi connectivity index (χ0v) is 14.9. The van der Waals surface area contributed by atoms with Crippen LogP contribution in [0.2, 0.25) is 0 Å². The number of halogens is 1. The Hall–Kier alpha value is -1.84. The zero-order chi connectivity index (χ0) is 15.0. The Morgan fingerprint density at radius 2 is 1.68 bits per heavy atom. The van der Waals surface area contributed by atoms with E-state index in [1.54, 1.807) is 6.07 Å². The van der Waals surface area contributed by atoms with E-state index >= 15 is 0 Å². The molecule has 1 radical (unpaired) electrons. The van der Waals surface area contributed by atoms with Crippen LogP contribution >= 0.6 is 0 Å². The summed E-state index contributed by atoms with van der Waals surface area (Å²) in [6.07, 6.45) is 0. The minimum absolute atomic E-state index is 0. The Morgan fingerprint density at radius 1 is 1.00 bits per heavy atom. The molecule has 115 valence electrons. The van der Waals surface area contributed by atoms with Gasteiger partial charge in [-0.05, 0) is 31.9 Å². The molecule has 0 aliphatic heterocycles. The number of benzene rings is 2. The molecule has 0 saturated heterocycles. The first kappa shape index (κ1) is 16.5. The SMILES string of the molecule is Cc1cccc(C)c1-n1c(C)nnc1-c1[c-]cc(F)cc1.[Ir]. The van der Waals surface area contributed by atoms with Crippen molar-refractivity contribution in [2.45, 2.75) is 20.8 Å². The van der Waals surface area contributed by atoms with Gasteiger partial charge in [-0.3, -0.25) is 4.39 Å². The van der Waals surface area contributed by atoms with E-state index < -0.39 is 0 Å². The van der Waals surface area contributed by atoms with Crippen molar-refractivity contribution in [3.05, 3.63) is 65.2 Å². The summed E-state index contributed by atoms with van der Waals surface area (Å²) in [5.41, 5.74) is 4.06. The first-order valence-corrected chi connectivity index (χ1v) is 6.74. The third-order valence-electron chi connectivity index (χ3n) is 3.50. The van der Waals surface area contributed by atoms with Gasteiger partial charge in [0, 0.05) is 31.6 Å². The molecule has 0 spiro atoms. The fourth-order valence-corrected chi connectivity index (χ4v) is 2.51. The summed E-state index contributed by atoms with van der Waals surface area (Å²) in [7, 11) is 0. The number of hydrogen-bond donors (Lipinski definition) is 0. The van der Waals surface area contributed by atoms with Crippen LogP contribution < -0.4 is 0 Å². The smallest absolute Gasteiger partial charge is 0.125 e. The predicted molar refractivity (Wildman–Crippen MR) is 79.8 cm³/mol. The van der Waals surface area contributed by atoms with Crippen molar-refractivity contribution in [2.75, 3.05) is 0 Å². The van der Waals surface area contributed by atoms with Gasteiger partial charge in [0.05, 0.1) is 5.82 Å². The van der Waals surface area contributed by atoms with Crippen molar-refractivity contribution in [2.24, 2.45) is 0 Å². The van der Waals surface area contributed by atoms with E-state index in [4.69, 9.17) is 0 Å². The molecule has 0 unspecified atom stereocenters. The molecule has 1 heterocycles. The molecule has 0 amide bonds. The van der Waals surface area contributed by atoms with E-state index in [-0.39, 0.29) is 25.9 Å². The fraction of sp³-hybridized carbons (Fsp3) is 0.176. The van der Waals surface area contributed by atoms with Crippen LogP contribution in [0.3, 0.4) is 0 Å². The van der Waals surface area contributed by atoms with Crippen molar-refractivity contribution in [1.29, 1.82) is 0 Å². The molecular weight excluding hydrogens is 457 g/mol. The van der Waals surface area contributed by atoms with Crippen LogP contribution in [-0.4, -0.2) is 14.8 Å². The summed E-state index contributed by atoms with van der Waals surface area (Å²) in [6, 6.07) is 13.4. The molecule has 22 heavy (non-hydrogen) atoms. The van der Waals surface area contributed by atoms with Gasteiger partial charge < -0.3 is 4.57 Å². The molecule has 1 aromatic heterocycles. The Balaban J connectivity index is 0.00000176.